The lowest BCUT2D eigenvalue weighted by molar-refractivity contribution is -0.141. The molecule has 88 valence electrons. The standard InChI is InChI=1S/C10H11N5O2/c1-17-9(16)6-15-13-10(12-14-15)7-3-2-4-8(11)5-7/h2-5H,6,11H2,1H3. The minimum absolute atomic E-state index is 0.0637. The Hall–Kier alpha value is -2.44. The van der Waals surface area contributed by atoms with Gasteiger partial charge in [-0.3, -0.25) is 0 Å². The maximum absolute atomic E-state index is 11.0. The number of nitrogens with two attached hydrogens (primary N) is 1. The van der Waals surface area contributed by atoms with E-state index in [-0.39, 0.29) is 6.54 Å². The van der Waals surface area contributed by atoms with E-state index in [9.17, 15) is 4.79 Å². The third-order valence-electron chi connectivity index (χ3n) is 2.10. The van der Waals surface area contributed by atoms with Crippen LogP contribution in [0, 0.1) is 0 Å². The van der Waals surface area contributed by atoms with Crippen LogP contribution >= 0.6 is 0 Å². The van der Waals surface area contributed by atoms with Crippen LogP contribution in [-0.4, -0.2) is 33.3 Å². The van der Waals surface area contributed by atoms with Crippen molar-refractivity contribution in [1.82, 2.24) is 20.2 Å². The molecular formula is C10H11N5O2. The molecule has 0 atom stereocenters. The van der Waals surface area contributed by atoms with Gasteiger partial charge in [-0.2, -0.15) is 4.80 Å². The summed E-state index contributed by atoms with van der Waals surface area (Å²) >= 11 is 0. The maximum atomic E-state index is 11.0. The van der Waals surface area contributed by atoms with Crippen LogP contribution in [-0.2, 0) is 16.1 Å². The minimum Gasteiger partial charge on any atom is -0.468 e. The highest BCUT2D eigenvalue weighted by Gasteiger charge is 2.09. The predicted octanol–water partition coefficient (Wildman–Crippen LogP) is 0.0953. The number of ether oxygens (including phenoxy) is 1. The zero-order valence-corrected chi connectivity index (χ0v) is 9.20. The Labute approximate surface area is 97.2 Å². The van der Waals surface area contributed by atoms with Crippen LogP contribution in [0.1, 0.15) is 0 Å². The van der Waals surface area contributed by atoms with Gasteiger partial charge in [0, 0.05) is 11.3 Å². The summed E-state index contributed by atoms with van der Waals surface area (Å²) in [5.41, 5.74) is 7.02. The van der Waals surface area contributed by atoms with Gasteiger partial charge in [0.1, 0.15) is 0 Å². The number of nitrogens with zero attached hydrogens (tertiary/aromatic N) is 4. The van der Waals surface area contributed by atoms with E-state index in [1.165, 1.54) is 11.9 Å². The van der Waals surface area contributed by atoms with Gasteiger partial charge in [0.25, 0.3) is 0 Å². The largest absolute Gasteiger partial charge is 0.468 e. The number of hydrogen-bond donors (Lipinski definition) is 1. The molecule has 0 saturated carbocycles. The summed E-state index contributed by atoms with van der Waals surface area (Å²) in [6, 6.07) is 7.11. The smallest absolute Gasteiger partial charge is 0.329 e. The molecule has 1 aromatic heterocycles. The van der Waals surface area contributed by atoms with Gasteiger partial charge in [-0.25, -0.2) is 4.79 Å². The highest BCUT2D eigenvalue weighted by molar-refractivity contribution is 5.68. The first-order chi connectivity index (χ1) is 8.19. The molecule has 2 aromatic rings. The van der Waals surface area contributed by atoms with Crippen LogP contribution in [0.25, 0.3) is 11.4 Å². The van der Waals surface area contributed by atoms with Crippen molar-refractivity contribution in [2.45, 2.75) is 6.54 Å². The Morgan fingerprint density at radius 2 is 2.35 bits per heavy atom. The van der Waals surface area contributed by atoms with E-state index in [1.807, 2.05) is 6.07 Å². The quantitative estimate of drug-likeness (QED) is 0.596. The lowest BCUT2D eigenvalue weighted by Gasteiger charge is -1.97. The second kappa shape index (κ2) is 4.60. The highest BCUT2D eigenvalue weighted by Crippen LogP contribution is 2.16. The van der Waals surface area contributed by atoms with Crippen LogP contribution in [0.3, 0.4) is 0 Å². The molecule has 2 rings (SSSR count). The van der Waals surface area contributed by atoms with Gasteiger partial charge in [-0.1, -0.05) is 12.1 Å². The number of aromatic nitrogens is 4. The zero-order valence-electron chi connectivity index (χ0n) is 9.20. The maximum Gasteiger partial charge on any atom is 0.329 e. The molecule has 0 aliphatic rings. The average molecular weight is 233 g/mol. The SMILES string of the molecule is COC(=O)Cn1nnc(-c2cccc(N)c2)n1. The molecule has 0 bridgehead atoms. The molecular weight excluding hydrogens is 222 g/mol. The number of carbonyl (C=O) groups excluding carboxylic acids is 1. The zero-order chi connectivity index (χ0) is 12.3. The first kappa shape index (κ1) is 11.1. The lowest BCUT2D eigenvalue weighted by Crippen LogP contribution is -2.14. The molecule has 0 aliphatic carbocycles. The van der Waals surface area contributed by atoms with Gasteiger partial charge in [0.2, 0.25) is 5.82 Å². The molecule has 2 N–H and O–H groups in total. The van der Waals surface area contributed by atoms with Crippen molar-refractivity contribution >= 4 is 11.7 Å². The molecule has 0 unspecified atom stereocenters. The Balaban J connectivity index is 2.21. The molecule has 1 heterocycles. The van der Waals surface area contributed by atoms with E-state index >= 15 is 0 Å². The molecule has 0 spiro atoms. The highest BCUT2D eigenvalue weighted by atomic mass is 16.5. The van der Waals surface area contributed by atoms with Crippen LogP contribution < -0.4 is 5.73 Å². The molecule has 0 amide bonds. The fraction of sp³-hybridized carbons (Fsp3) is 0.200. The fourth-order valence-electron chi connectivity index (χ4n) is 1.28. The number of hydrogen-bond acceptors (Lipinski definition) is 6. The summed E-state index contributed by atoms with van der Waals surface area (Å²) in [5.74, 6) is -0.0114. The summed E-state index contributed by atoms with van der Waals surface area (Å²) < 4.78 is 4.50. The number of benzene rings is 1. The summed E-state index contributed by atoms with van der Waals surface area (Å²) in [5, 5.41) is 11.6. The molecule has 0 saturated heterocycles. The van der Waals surface area contributed by atoms with Gasteiger partial charge >= 0.3 is 5.97 Å². The van der Waals surface area contributed by atoms with Crippen molar-refractivity contribution < 1.29 is 9.53 Å². The van der Waals surface area contributed by atoms with Gasteiger partial charge in [0.15, 0.2) is 6.54 Å². The molecule has 7 heteroatoms. The molecule has 0 fully saturated rings. The third-order valence-corrected chi connectivity index (χ3v) is 2.10. The van der Waals surface area contributed by atoms with Crippen molar-refractivity contribution in [2.24, 2.45) is 0 Å². The number of tetrazole rings is 1. The van der Waals surface area contributed by atoms with Gasteiger partial charge in [0.05, 0.1) is 7.11 Å². The second-order valence-electron chi connectivity index (χ2n) is 3.35. The van der Waals surface area contributed by atoms with Crippen LogP contribution in [0.15, 0.2) is 24.3 Å². The Morgan fingerprint density at radius 3 is 3.06 bits per heavy atom. The number of anilines is 1. The number of nitrogen functional groups attached to an aromatic ring is 1. The number of rotatable bonds is 3. The lowest BCUT2D eigenvalue weighted by atomic mass is 10.2. The average Bonchev–Trinajstić information content (AvgIpc) is 2.77. The van der Waals surface area contributed by atoms with E-state index < -0.39 is 5.97 Å². The van der Waals surface area contributed by atoms with E-state index in [0.717, 1.165) is 5.56 Å². The number of methoxy groups -OCH3 is 1. The summed E-state index contributed by atoms with van der Waals surface area (Å²) in [6.45, 7) is -0.0637. The first-order valence-corrected chi connectivity index (χ1v) is 4.89. The number of esters is 1. The van der Waals surface area contributed by atoms with Crippen molar-refractivity contribution in [3.05, 3.63) is 24.3 Å². The van der Waals surface area contributed by atoms with E-state index in [2.05, 4.69) is 20.1 Å². The van der Waals surface area contributed by atoms with Gasteiger partial charge in [-0.15, -0.1) is 10.2 Å². The van der Waals surface area contributed by atoms with Crippen LogP contribution in [0.4, 0.5) is 5.69 Å². The number of carbonyl (C=O) groups is 1. The van der Waals surface area contributed by atoms with E-state index in [1.54, 1.807) is 18.2 Å². The summed E-state index contributed by atoms with van der Waals surface area (Å²) in [7, 11) is 1.30. The van der Waals surface area contributed by atoms with Crippen molar-refractivity contribution in [3.8, 4) is 11.4 Å². The fourth-order valence-corrected chi connectivity index (χ4v) is 1.28. The molecule has 17 heavy (non-hydrogen) atoms. The summed E-state index contributed by atoms with van der Waals surface area (Å²) in [6.07, 6.45) is 0. The monoisotopic (exact) mass is 233 g/mol. The topological polar surface area (TPSA) is 95.9 Å². The van der Waals surface area contributed by atoms with Gasteiger partial charge < -0.3 is 10.5 Å². The first-order valence-electron chi connectivity index (χ1n) is 4.89. The van der Waals surface area contributed by atoms with Crippen molar-refractivity contribution in [2.75, 3.05) is 12.8 Å². The van der Waals surface area contributed by atoms with Crippen LogP contribution in [0.2, 0.25) is 0 Å². The molecule has 1 aromatic carbocycles. The Morgan fingerprint density at radius 1 is 1.53 bits per heavy atom. The van der Waals surface area contributed by atoms with E-state index in [0.29, 0.717) is 11.5 Å². The van der Waals surface area contributed by atoms with E-state index in [4.69, 9.17) is 5.73 Å². The molecule has 0 radical (unpaired) electrons. The van der Waals surface area contributed by atoms with Crippen molar-refractivity contribution in [1.29, 1.82) is 0 Å². The van der Waals surface area contributed by atoms with Gasteiger partial charge in [-0.05, 0) is 17.3 Å². The second-order valence-corrected chi connectivity index (χ2v) is 3.35. The summed E-state index contributed by atoms with van der Waals surface area (Å²) in [4.78, 5) is 12.2. The Bertz CT molecular complexity index is 537. The van der Waals surface area contributed by atoms with Crippen LogP contribution in [0.5, 0.6) is 0 Å². The molecule has 7 nitrogen and oxygen atoms in total. The Kier molecular flexibility index (Phi) is 2.99. The van der Waals surface area contributed by atoms with Crippen molar-refractivity contribution in [3.63, 3.8) is 0 Å². The third kappa shape index (κ3) is 2.57. The predicted molar refractivity (Wildman–Crippen MR) is 59.7 cm³/mol. The minimum atomic E-state index is -0.429. The molecule has 0 aliphatic heterocycles. The normalized spacial score (nSPS) is 10.2.